The highest BCUT2D eigenvalue weighted by atomic mass is 16.5. The molecule has 3 rings (SSSR count). The zero-order chi connectivity index (χ0) is 16.6. The molecule has 1 unspecified atom stereocenters. The van der Waals surface area contributed by atoms with Crippen molar-refractivity contribution < 1.29 is 4.74 Å². The molecule has 1 aliphatic rings. The third-order valence-electron chi connectivity index (χ3n) is 4.80. The fraction of sp³-hybridized carbons (Fsp3) is 0.429. The van der Waals surface area contributed by atoms with E-state index in [1.54, 1.807) is 0 Å². The predicted molar refractivity (Wildman–Crippen MR) is 99.3 cm³/mol. The molecule has 1 fully saturated rings. The van der Waals surface area contributed by atoms with Crippen molar-refractivity contribution in [3.63, 3.8) is 0 Å². The van der Waals surface area contributed by atoms with E-state index < -0.39 is 0 Å². The number of likely N-dealkylation sites (tertiary alicyclic amines) is 1. The number of benzene rings is 2. The first-order valence-corrected chi connectivity index (χ1v) is 9.07. The Hall–Kier alpha value is -1.84. The number of piperidine rings is 1. The van der Waals surface area contributed by atoms with Gasteiger partial charge in [-0.05, 0) is 49.2 Å². The van der Waals surface area contributed by atoms with Gasteiger partial charge in [0.1, 0.15) is 5.75 Å². The second-order valence-electron chi connectivity index (χ2n) is 6.50. The van der Waals surface area contributed by atoms with Crippen LogP contribution in [-0.2, 0) is 6.42 Å². The molecular weight excluding hydrogens is 296 g/mol. The SMILES string of the molecule is NCC(c1cccc(OCCc2ccccc2)c1)N1CCCCC1. The Morgan fingerprint density at radius 2 is 1.75 bits per heavy atom. The lowest BCUT2D eigenvalue weighted by Crippen LogP contribution is -2.37. The van der Waals surface area contributed by atoms with Crippen LogP contribution >= 0.6 is 0 Å². The minimum absolute atomic E-state index is 0.308. The van der Waals surface area contributed by atoms with Gasteiger partial charge in [-0.25, -0.2) is 0 Å². The average molecular weight is 324 g/mol. The van der Waals surface area contributed by atoms with Crippen LogP contribution in [0.15, 0.2) is 54.6 Å². The van der Waals surface area contributed by atoms with E-state index in [-0.39, 0.29) is 0 Å². The molecule has 0 spiro atoms. The van der Waals surface area contributed by atoms with Gasteiger partial charge in [0.25, 0.3) is 0 Å². The van der Waals surface area contributed by atoms with Crippen molar-refractivity contribution in [3.8, 4) is 5.75 Å². The predicted octanol–water partition coefficient (Wildman–Crippen LogP) is 3.79. The molecule has 0 aliphatic carbocycles. The summed E-state index contributed by atoms with van der Waals surface area (Å²) in [4.78, 5) is 2.52. The molecule has 3 heteroatoms. The van der Waals surface area contributed by atoms with E-state index in [4.69, 9.17) is 10.5 Å². The lowest BCUT2D eigenvalue weighted by molar-refractivity contribution is 0.167. The maximum absolute atomic E-state index is 6.08. The van der Waals surface area contributed by atoms with Crippen molar-refractivity contribution in [2.75, 3.05) is 26.2 Å². The van der Waals surface area contributed by atoms with Gasteiger partial charge >= 0.3 is 0 Å². The van der Waals surface area contributed by atoms with E-state index in [1.807, 2.05) is 12.1 Å². The Bertz CT molecular complexity index is 608. The normalized spacial score (nSPS) is 16.7. The van der Waals surface area contributed by atoms with Gasteiger partial charge < -0.3 is 10.5 Å². The van der Waals surface area contributed by atoms with Crippen LogP contribution in [0.5, 0.6) is 5.75 Å². The Labute approximate surface area is 145 Å². The quantitative estimate of drug-likeness (QED) is 0.842. The Morgan fingerprint density at radius 3 is 2.50 bits per heavy atom. The molecule has 0 bridgehead atoms. The van der Waals surface area contributed by atoms with Gasteiger partial charge in [0.15, 0.2) is 0 Å². The highest BCUT2D eigenvalue weighted by Crippen LogP contribution is 2.26. The molecule has 24 heavy (non-hydrogen) atoms. The monoisotopic (exact) mass is 324 g/mol. The minimum atomic E-state index is 0.308. The van der Waals surface area contributed by atoms with E-state index in [0.717, 1.165) is 25.3 Å². The number of nitrogens with zero attached hydrogens (tertiary/aromatic N) is 1. The summed E-state index contributed by atoms with van der Waals surface area (Å²) in [6.07, 6.45) is 4.83. The summed E-state index contributed by atoms with van der Waals surface area (Å²) >= 11 is 0. The van der Waals surface area contributed by atoms with Crippen LogP contribution in [0.25, 0.3) is 0 Å². The molecule has 2 aromatic rings. The van der Waals surface area contributed by atoms with Crippen molar-refractivity contribution >= 4 is 0 Å². The molecule has 0 radical (unpaired) electrons. The third kappa shape index (κ3) is 4.59. The van der Waals surface area contributed by atoms with Crippen LogP contribution in [0.4, 0.5) is 0 Å². The highest BCUT2D eigenvalue weighted by molar-refractivity contribution is 5.31. The molecule has 128 valence electrons. The number of ether oxygens (including phenoxy) is 1. The molecule has 2 aromatic carbocycles. The van der Waals surface area contributed by atoms with Crippen LogP contribution in [0.3, 0.4) is 0 Å². The summed E-state index contributed by atoms with van der Waals surface area (Å²) in [5.74, 6) is 0.943. The number of nitrogens with two attached hydrogens (primary N) is 1. The van der Waals surface area contributed by atoms with Crippen LogP contribution in [0.2, 0.25) is 0 Å². The standard InChI is InChI=1S/C21H28N2O/c22-17-21(23-13-5-2-6-14-23)19-10-7-11-20(16-19)24-15-12-18-8-3-1-4-9-18/h1,3-4,7-11,16,21H,2,5-6,12-15,17,22H2. The summed E-state index contributed by atoms with van der Waals surface area (Å²) in [7, 11) is 0. The molecule has 1 heterocycles. The molecule has 1 aliphatic heterocycles. The van der Waals surface area contributed by atoms with Crippen molar-refractivity contribution in [1.82, 2.24) is 4.90 Å². The first-order valence-electron chi connectivity index (χ1n) is 9.07. The molecule has 2 N–H and O–H groups in total. The molecule has 1 atom stereocenters. The smallest absolute Gasteiger partial charge is 0.119 e. The van der Waals surface area contributed by atoms with Crippen molar-refractivity contribution in [2.24, 2.45) is 5.73 Å². The lowest BCUT2D eigenvalue weighted by atomic mass is 10.0. The zero-order valence-corrected chi connectivity index (χ0v) is 14.4. The fourth-order valence-electron chi connectivity index (χ4n) is 3.47. The number of rotatable bonds is 7. The lowest BCUT2D eigenvalue weighted by Gasteiger charge is -2.34. The van der Waals surface area contributed by atoms with Gasteiger partial charge in [0.05, 0.1) is 6.61 Å². The van der Waals surface area contributed by atoms with Crippen molar-refractivity contribution in [2.45, 2.75) is 31.7 Å². The van der Waals surface area contributed by atoms with Gasteiger partial charge in [-0.3, -0.25) is 4.90 Å². The van der Waals surface area contributed by atoms with Gasteiger partial charge in [-0.2, -0.15) is 0 Å². The van der Waals surface area contributed by atoms with Crippen LogP contribution in [0.1, 0.15) is 36.4 Å². The first kappa shape index (κ1) is 17.0. The number of hydrogen-bond donors (Lipinski definition) is 1. The summed E-state index contributed by atoms with van der Waals surface area (Å²) in [5, 5.41) is 0. The second kappa shape index (κ2) is 8.86. The summed E-state index contributed by atoms with van der Waals surface area (Å²) in [5.41, 5.74) is 8.66. The van der Waals surface area contributed by atoms with Gasteiger partial charge in [0.2, 0.25) is 0 Å². The van der Waals surface area contributed by atoms with Crippen LogP contribution in [-0.4, -0.2) is 31.1 Å². The Kier molecular flexibility index (Phi) is 6.27. The van der Waals surface area contributed by atoms with Gasteiger partial charge in [0, 0.05) is 19.0 Å². The van der Waals surface area contributed by atoms with E-state index in [1.165, 1.54) is 30.4 Å². The summed E-state index contributed by atoms with van der Waals surface area (Å²) < 4.78 is 5.97. The minimum Gasteiger partial charge on any atom is -0.493 e. The summed E-state index contributed by atoms with van der Waals surface area (Å²) in [6.45, 7) is 3.67. The molecule has 0 saturated carbocycles. The molecule has 3 nitrogen and oxygen atoms in total. The molecule has 1 saturated heterocycles. The third-order valence-corrected chi connectivity index (χ3v) is 4.80. The van der Waals surface area contributed by atoms with E-state index >= 15 is 0 Å². The van der Waals surface area contributed by atoms with Crippen LogP contribution < -0.4 is 10.5 Å². The topological polar surface area (TPSA) is 38.5 Å². The average Bonchev–Trinajstić information content (AvgIpc) is 2.65. The maximum atomic E-state index is 6.08. The maximum Gasteiger partial charge on any atom is 0.119 e. The van der Waals surface area contributed by atoms with E-state index in [2.05, 4.69) is 47.4 Å². The van der Waals surface area contributed by atoms with Gasteiger partial charge in [-0.15, -0.1) is 0 Å². The first-order chi connectivity index (χ1) is 11.9. The molecule has 0 aromatic heterocycles. The highest BCUT2D eigenvalue weighted by Gasteiger charge is 2.21. The summed E-state index contributed by atoms with van der Waals surface area (Å²) in [6, 6.07) is 19.2. The zero-order valence-electron chi connectivity index (χ0n) is 14.4. The number of hydrogen-bond acceptors (Lipinski definition) is 3. The molecular formula is C21H28N2O. The van der Waals surface area contributed by atoms with Crippen LogP contribution in [0, 0.1) is 0 Å². The van der Waals surface area contributed by atoms with Crippen molar-refractivity contribution in [1.29, 1.82) is 0 Å². The van der Waals surface area contributed by atoms with E-state index in [9.17, 15) is 0 Å². The van der Waals surface area contributed by atoms with E-state index in [0.29, 0.717) is 19.2 Å². The largest absolute Gasteiger partial charge is 0.493 e. The fourth-order valence-corrected chi connectivity index (χ4v) is 3.47. The Balaban J connectivity index is 1.60. The second-order valence-corrected chi connectivity index (χ2v) is 6.50. The molecule has 0 amide bonds. The Morgan fingerprint density at radius 1 is 0.958 bits per heavy atom. The van der Waals surface area contributed by atoms with Crippen molar-refractivity contribution in [3.05, 3.63) is 65.7 Å². The van der Waals surface area contributed by atoms with Gasteiger partial charge in [-0.1, -0.05) is 48.9 Å².